The van der Waals surface area contributed by atoms with E-state index in [1.54, 1.807) is 0 Å². The average molecular weight is 507 g/mol. The molecule has 0 atom stereocenters. The van der Waals surface area contributed by atoms with Crippen LogP contribution in [0.5, 0.6) is 0 Å². The molecule has 0 saturated heterocycles. The zero-order valence-corrected chi connectivity index (χ0v) is 22.0. The van der Waals surface area contributed by atoms with Gasteiger partial charge in [0.1, 0.15) is 0 Å². The molecular formula is C40H26. The normalized spacial score (nSPS) is 11.5. The second-order valence-corrected chi connectivity index (χ2v) is 10.6. The van der Waals surface area contributed by atoms with E-state index in [4.69, 9.17) is 0 Å². The fraction of sp³-hybridized carbons (Fsp3) is 0. The van der Waals surface area contributed by atoms with E-state index >= 15 is 0 Å². The summed E-state index contributed by atoms with van der Waals surface area (Å²) in [6.45, 7) is 0. The molecular weight excluding hydrogens is 480 g/mol. The van der Waals surface area contributed by atoms with E-state index in [-0.39, 0.29) is 0 Å². The first-order chi connectivity index (χ1) is 19.8. The summed E-state index contributed by atoms with van der Waals surface area (Å²) in [6.07, 6.45) is 0. The van der Waals surface area contributed by atoms with Crippen molar-refractivity contribution in [2.75, 3.05) is 0 Å². The van der Waals surface area contributed by atoms with Crippen molar-refractivity contribution in [3.63, 3.8) is 0 Å². The SMILES string of the molecule is c1ccc2cc(-c3ccc(-c4cc(-c5cc6ccccc6c6ccccc56)c5ccccc5c4)cc3)ccc2c1. The summed E-state index contributed by atoms with van der Waals surface area (Å²) in [5.74, 6) is 0. The lowest BCUT2D eigenvalue weighted by Crippen LogP contribution is -1.89. The Balaban J connectivity index is 1.30. The van der Waals surface area contributed by atoms with Gasteiger partial charge in [0.05, 0.1) is 0 Å². The molecule has 0 bridgehead atoms. The summed E-state index contributed by atoms with van der Waals surface area (Å²) in [6, 6.07) is 57.6. The zero-order valence-electron chi connectivity index (χ0n) is 22.0. The average Bonchev–Trinajstić information content (AvgIpc) is 3.04. The van der Waals surface area contributed by atoms with Crippen LogP contribution in [0.15, 0.2) is 158 Å². The van der Waals surface area contributed by atoms with Gasteiger partial charge < -0.3 is 0 Å². The quantitative estimate of drug-likeness (QED) is 0.209. The summed E-state index contributed by atoms with van der Waals surface area (Å²) >= 11 is 0. The van der Waals surface area contributed by atoms with Crippen LogP contribution in [0.1, 0.15) is 0 Å². The van der Waals surface area contributed by atoms with E-state index < -0.39 is 0 Å². The Labute approximate surface area is 233 Å². The Hall–Kier alpha value is -5.20. The zero-order chi connectivity index (χ0) is 26.5. The first kappa shape index (κ1) is 22.8. The largest absolute Gasteiger partial charge is 0.0616 e. The monoisotopic (exact) mass is 506 g/mol. The summed E-state index contributed by atoms with van der Waals surface area (Å²) in [7, 11) is 0. The molecule has 0 heterocycles. The Kier molecular flexibility index (Phi) is 5.24. The van der Waals surface area contributed by atoms with E-state index in [9.17, 15) is 0 Å². The van der Waals surface area contributed by atoms with Crippen molar-refractivity contribution < 1.29 is 0 Å². The molecule has 186 valence electrons. The van der Waals surface area contributed by atoms with Crippen molar-refractivity contribution in [3.8, 4) is 33.4 Å². The van der Waals surface area contributed by atoms with Crippen molar-refractivity contribution in [2.24, 2.45) is 0 Å². The summed E-state index contributed by atoms with van der Waals surface area (Å²) in [5.41, 5.74) is 7.48. The highest BCUT2D eigenvalue weighted by molar-refractivity contribution is 6.16. The van der Waals surface area contributed by atoms with Gasteiger partial charge in [0, 0.05) is 0 Å². The van der Waals surface area contributed by atoms with Crippen molar-refractivity contribution in [2.45, 2.75) is 0 Å². The first-order valence-electron chi connectivity index (χ1n) is 13.9. The molecule has 8 rings (SSSR count). The fourth-order valence-corrected chi connectivity index (χ4v) is 6.20. The van der Waals surface area contributed by atoms with Crippen molar-refractivity contribution >= 4 is 43.1 Å². The minimum absolute atomic E-state index is 1.22. The van der Waals surface area contributed by atoms with E-state index in [0.29, 0.717) is 0 Å². The molecule has 0 aliphatic carbocycles. The number of fused-ring (bicyclic) bond motifs is 5. The molecule has 8 aromatic carbocycles. The van der Waals surface area contributed by atoms with Gasteiger partial charge in [0.15, 0.2) is 0 Å². The molecule has 0 amide bonds. The molecule has 8 aromatic rings. The van der Waals surface area contributed by atoms with E-state index in [2.05, 4.69) is 158 Å². The Bertz CT molecular complexity index is 2200. The van der Waals surface area contributed by atoms with Gasteiger partial charge in [-0.25, -0.2) is 0 Å². The predicted molar refractivity (Wildman–Crippen MR) is 173 cm³/mol. The lowest BCUT2D eigenvalue weighted by Gasteiger charge is -2.15. The molecule has 0 unspecified atom stereocenters. The third-order valence-corrected chi connectivity index (χ3v) is 8.22. The van der Waals surface area contributed by atoms with Crippen molar-refractivity contribution in [1.82, 2.24) is 0 Å². The number of hydrogen-bond donors (Lipinski definition) is 0. The highest BCUT2D eigenvalue weighted by atomic mass is 14.2. The maximum atomic E-state index is 2.38. The number of hydrogen-bond acceptors (Lipinski definition) is 0. The molecule has 0 aliphatic heterocycles. The summed E-state index contributed by atoms with van der Waals surface area (Å²) < 4.78 is 0. The third-order valence-electron chi connectivity index (χ3n) is 8.22. The molecule has 0 N–H and O–H groups in total. The van der Waals surface area contributed by atoms with Crippen LogP contribution in [0.3, 0.4) is 0 Å². The molecule has 0 aliphatic rings. The number of benzene rings is 8. The maximum absolute atomic E-state index is 2.38. The van der Waals surface area contributed by atoms with E-state index in [0.717, 1.165) is 0 Å². The van der Waals surface area contributed by atoms with Gasteiger partial charge >= 0.3 is 0 Å². The lowest BCUT2D eigenvalue weighted by atomic mass is 9.88. The summed E-state index contributed by atoms with van der Waals surface area (Å²) in [5, 5.41) is 10.2. The standard InChI is InChI=1S/C40H26/c1-2-10-30-23-31(22-21-27(30)9-1)28-17-19-29(20-18-28)34-24-32-11-3-6-14-36(32)39(26-34)40-25-33-12-4-5-13-35(33)37-15-7-8-16-38(37)40/h1-26H. The van der Waals surface area contributed by atoms with Crippen LogP contribution in [-0.2, 0) is 0 Å². The highest BCUT2D eigenvalue weighted by Crippen LogP contribution is 2.40. The topological polar surface area (TPSA) is 0 Å². The van der Waals surface area contributed by atoms with Crippen LogP contribution in [0.25, 0.3) is 76.5 Å². The van der Waals surface area contributed by atoms with Gasteiger partial charge in [-0.05, 0) is 101 Å². The van der Waals surface area contributed by atoms with E-state index in [1.165, 1.54) is 76.5 Å². The fourth-order valence-electron chi connectivity index (χ4n) is 6.20. The molecule has 0 saturated carbocycles. The minimum Gasteiger partial charge on any atom is -0.0616 e. The van der Waals surface area contributed by atoms with Crippen LogP contribution in [0, 0.1) is 0 Å². The van der Waals surface area contributed by atoms with Gasteiger partial charge in [0.2, 0.25) is 0 Å². The first-order valence-corrected chi connectivity index (χ1v) is 13.9. The van der Waals surface area contributed by atoms with Crippen LogP contribution in [0.4, 0.5) is 0 Å². The lowest BCUT2D eigenvalue weighted by molar-refractivity contribution is 1.61. The van der Waals surface area contributed by atoms with Gasteiger partial charge in [-0.15, -0.1) is 0 Å². The van der Waals surface area contributed by atoms with Gasteiger partial charge in [0.25, 0.3) is 0 Å². The van der Waals surface area contributed by atoms with E-state index in [1.807, 2.05) is 0 Å². The molecule has 0 fully saturated rings. The molecule has 0 nitrogen and oxygen atoms in total. The van der Waals surface area contributed by atoms with Crippen molar-refractivity contribution in [1.29, 1.82) is 0 Å². The summed E-state index contributed by atoms with van der Waals surface area (Å²) in [4.78, 5) is 0. The Morgan fingerprint density at radius 1 is 0.225 bits per heavy atom. The van der Waals surface area contributed by atoms with Crippen LogP contribution < -0.4 is 0 Å². The molecule has 0 radical (unpaired) electrons. The number of rotatable bonds is 3. The molecule has 40 heavy (non-hydrogen) atoms. The maximum Gasteiger partial charge on any atom is -0.00926 e. The molecule has 0 aromatic heterocycles. The smallest absolute Gasteiger partial charge is 0.00926 e. The molecule has 0 spiro atoms. The van der Waals surface area contributed by atoms with Gasteiger partial charge in [-0.1, -0.05) is 133 Å². The van der Waals surface area contributed by atoms with Gasteiger partial charge in [-0.2, -0.15) is 0 Å². The second-order valence-electron chi connectivity index (χ2n) is 10.6. The Morgan fingerprint density at radius 2 is 0.700 bits per heavy atom. The Morgan fingerprint density at radius 3 is 1.45 bits per heavy atom. The van der Waals surface area contributed by atoms with Crippen LogP contribution in [0.2, 0.25) is 0 Å². The third kappa shape index (κ3) is 3.77. The highest BCUT2D eigenvalue weighted by Gasteiger charge is 2.13. The second kappa shape index (κ2) is 9.22. The molecule has 0 heteroatoms. The van der Waals surface area contributed by atoms with Crippen LogP contribution in [-0.4, -0.2) is 0 Å². The van der Waals surface area contributed by atoms with Gasteiger partial charge in [-0.3, -0.25) is 0 Å². The van der Waals surface area contributed by atoms with Crippen molar-refractivity contribution in [3.05, 3.63) is 158 Å². The minimum atomic E-state index is 1.22. The predicted octanol–water partition coefficient (Wildman–Crippen LogP) is 11.3. The van der Waals surface area contributed by atoms with Crippen LogP contribution >= 0.6 is 0 Å².